The smallest absolute Gasteiger partial charge is 0.123 e. The summed E-state index contributed by atoms with van der Waals surface area (Å²) >= 11 is 6.02. The van der Waals surface area contributed by atoms with E-state index in [1.54, 1.807) is 13.2 Å². The van der Waals surface area contributed by atoms with Gasteiger partial charge in [-0.2, -0.15) is 0 Å². The standard InChI is InChI=1S/C17H20ClNO2/c1-21-17-8-7-15(18)10-14(17)11-19-16(12-20)9-13-5-3-2-4-6-13/h2-8,10,16,19-20H,9,11-12H2,1H3/t16-/m1/s1. The van der Waals surface area contributed by atoms with Gasteiger partial charge in [0.1, 0.15) is 5.75 Å². The first-order chi connectivity index (χ1) is 10.2. The molecule has 2 aromatic carbocycles. The fourth-order valence-electron chi connectivity index (χ4n) is 2.24. The summed E-state index contributed by atoms with van der Waals surface area (Å²) in [6, 6.07) is 15.6. The fraction of sp³-hybridized carbons (Fsp3) is 0.294. The van der Waals surface area contributed by atoms with E-state index in [-0.39, 0.29) is 12.6 Å². The van der Waals surface area contributed by atoms with Gasteiger partial charge in [-0.3, -0.25) is 0 Å². The average molecular weight is 306 g/mol. The molecule has 4 heteroatoms. The molecule has 0 saturated heterocycles. The van der Waals surface area contributed by atoms with Crippen molar-refractivity contribution in [3.05, 3.63) is 64.7 Å². The summed E-state index contributed by atoms with van der Waals surface area (Å²) in [7, 11) is 1.64. The third-order valence-corrected chi connectivity index (χ3v) is 3.60. The molecule has 0 radical (unpaired) electrons. The largest absolute Gasteiger partial charge is 0.496 e. The number of methoxy groups -OCH3 is 1. The lowest BCUT2D eigenvalue weighted by atomic mass is 10.1. The monoisotopic (exact) mass is 305 g/mol. The number of benzene rings is 2. The SMILES string of the molecule is COc1ccc(Cl)cc1CN[C@@H](CO)Cc1ccccc1. The van der Waals surface area contributed by atoms with Crippen molar-refractivity contribution in [3.63, 3.8) is 0 Å². The Morgan fingerprint density at radius 1 is 1.19 bits per heavy atom. The van der Waals surface area contributed by atoms with Crippen LogP contribution in [0, 0.1) is 0 Å². The van der Waals surface area contributed by atoms with Crippen LogP contribution in [-0.2, 0) is 13.0 Å². The van der Waals surface area contributed by atoms with Crippen molar-refractivity contribution in [2.75, 3.05) is 13.7 Å². The number of halogens is 1. The molecule has 21 heavy (non-hydrogen) atoms. The second kappa shape index (κ2) is 8.03. The second-order valence-corrected chi connectivity index (χ2v) is 5.34. The van der Waals surface area contributed by atoms with Gasteiger partial charge in [0.15, 0.2) is 0 Å². The highest BCUT2D eigenvalue weighted by Gasteiger charge is 2.10. The number of nitrogens with one attached hydrogen (secondary N) is 1. The highest BCUT2D eigenvalue weighted by Crippen LogP contribution is 2.22. The fourth-order valence-corrected chi connectivity index (χ4v) is 2.43. The molecule has 0 bridgehead atoms. The molecule has 0 spiro atoms. The molecule has 3 nitrogen and oxygen atoms in total. The van der Waals surface area contributed by atoms with Crippen LogP contribution in [0.1, 0.15) is 11.1 Å². The van der Waals surface area contributed by atoms with Gasteiger partial charge in [-0.25, -0.2) is 0 Å². The van der Waals surface area contributed by atoms with Crippen molar-refractivity contribution in [3.8, 4) is 5.75 Å². The van der Waals surface area contributed by atoms with E-state index in [2.05, 4.69) is 17.4 Å². The van der Waals surface area contributed by atoms with Crippen LogP contribution in [0.3, 0.4) is 0 Å². The first-order valence-corrected chi connectivity index (χ1v) is 7.31. The molecule has 2 aromatic rings. The molecule has 0 aliphatic rings. The summed E-state index contributed by atoms with van der Waals surface area (Å²) in [6.07, 6.45) is 0.778. The van der Waals surface area contributed by atoms with Crippen molar-refractivity contribution in [2.45, 2.75) is 19.0 Å². The molecule has 2 rings (SSSR count). The number of hydrogen-bond donors (Lipinski definition) is 2. The number of ether oxygens (including phenoxy) is 1. The van der Waals surface area contributed by atoms with E-state index in [4.69, 9.17) is 16.3 Å². The highest BCUT2D eigenvalue weighted by molar-refractivity contribution is 6.30. The maximum Gasteiger partial charge on any atom is 0.123 e. The lowest BCUT2D eigenvalue weighted by Gasteiger charge is -2.17. The topological polar surface area (TPSA) is 41.5 Å². The molecule has 0 saturated carbocycles. The molecule has 0 aliphatic heterocycles. The van der Waals surface area contributed by atoms with Gasteiger partial charge in [0, 0.05) is 23.2 Å². The number of rotatable bonds is 7. The van der Waals surface area contributed by atoms with Crippen LogP contribution in [-0.4, -0.2) is 24.9 Å². The van der Waals surface area contributed by atoms with E-state index >= 15 is 0 Å². The molecule has 1 atom stereocenters. The minimum Gasteiger partial charge on any atom is -0.496 e. The zero-order chi connectivity index (χ0) is 15.1. The number of hydrogen-bond acceptors (Lipinski definition) is 3. The van der Waals surface area contributed by atoms with Crippen molar-refractivity contribution in [2.24, 2.45) is 0 Å². The minimum absolute atomic E-state index is 0.00362. The summed E-state index contributed by atoms with van der Waals surface area (Å²) in [6.45, 7) is 0.680. The Kier molecular flexibility index (Phi) is 6.05. The van der Waals surface area contributed by atoms with Gasteiger partial charge in [-0.05, 0) is 30.2 Å². The van der Waals surface area contributed by atoms with Crippen LogP contribution in [0.4, 0.5) is 0 Å². The lowest BCUT2D eigenvalue weighted by molar-refractivity contribution is 0.240. The van der Waals surface area contributed by atoms with E-state index in [0.717, 1.165) is 17.7 Å². The van der Waals surface area contributed by atoms with Gasteiger partial charge in [0.2, 0.25) is 0 Å². The highest BCUT2D eigenvalue weighted by atomic mass is 35.5. The van der Waals surface area contributed by atoms with Crippen LogP contribution in [0.25, 0.3) is 0 Å². The van der Waals surface area contributed by atoms with Gasteiger partial charge in [-0.15, -0.1) is 0 Å². The number of aliphatic hydroxyl groups is 1. The third-order valence-electron chi connectivity index (χ3n) is 3.37. The Hall–Kier alpha value is -1.55. The van der Waals surface area contributed by atoms with Gasteiger partial charge < -0.3 is 15.2 Å². The predicted molar refractivity (Wildman–Crippen MR) is 85.9 cm³/mol. The molecule has 0 aliphatic carbocycles. The zero-order valence-electron chi connectivity index (χ0n) is 12.1. The van der Waals surface area contributed by atoms with E-state index in [9.17, 15) is 5.11 Å². The quantitative estimate of drug-likeness (QED) is 0.826. The molecule has 0 aromatic heterocycles. The first kappa shape index (κ1) is 15.8. The first-order valence-electron chi connectivity index (χ1n) is 6.93. The molecule has 112 valence electrons. The Balaban J connectivity index is 1.98. The van der Waals surface area contributed by atoms with Crippen LogP contribution in [0.5, 0.6) is 5.75 Å². The van der Waals surface area contributed by atoms with Gasteiger partial charge in [-0.1, -0.05) is 41.9 Å². The van der Waals surface area contributed by atoms with Crippen LogP contribution >= 0.6 is 11.6 Å². The summed E-state index contributed by atoms with van der Waals surface area (Å²) in [5.74, 6) is 0.795. The Bertz CT molecular complexity index is 560. The van der Waals surface area contributed by atoms with Crippen molar-refractivity contribution in [1.82, 2.24) is 5.32 Å². The molecule has 0 amide bonds. The lowest BCUT2D eigenvalue weighted by Crippen LogP contribution is -2.34. The predicted octanol–water partition coefficient (Wildman–Crippen LogP) is 3.04. The summed E-state index contributed by atoms with van der Waals surface area (Å²) in [4.78, 5) is 0. The molecule has 0 heterocycles. The van der Waals surface area contributed by atoms with Gasteiger partial charge in [0.05, 0.1) is 13.7 Å². The minimum atomic E-state index is -0.00362. The third kappa shape index (κ3) is 4.74. The maximum atomic E-state index is 9.53. The maximum absolute atomic E-state index is 9.53. The van der Waals surface area contributed by atoms with Gasteiger partial charge >= 0.3 is 0 Å². The normalized spacial score (nSPS) is 12.1. The Morgan fingerprint density at radius 2 is 1.95 bits per heavy atom. The molecular weight excluding hydrogens is 286 g/mol. The summed E-state index contributed by atoms with van der Waals surface area (Å²) in [5.41, 5.74) is 2.18. The molecule has 0 unspecified atom stereocenters. The van der Waals surface area contributed by atoms with E-state index in [1.807, 2.05) is 30.3 Å². The zero-order valence-corrected chi connectivity index (χ0v) is 12.8. The van der Waals surface area contributed by atoms with Crippen molar-refractivity contribution in [1.29, 1.82) is 0 Å². The van der Waals surface area contributed by atoms with E-state index in [0.29, 0.717) is 11.6 Å². The molecular formula is C17H20ClNO2. The van der Waals surface area contributed by atoms with Crippen molar-refractivity contribution >= 4 is 11.6 Å². The van der Waals surface area contributed by atoms with Crippen molar-refractivity contribution < 1.29 is 9.84 Å². The van der Waals surface area contributed by atoms with Gasteiger partial charge in [0.25, 0.3) is 0 Å². The van der Waals surface area contributed by atoms with E-state index in [1.165, 1.54) is 5.56 Å². The number of aliphatic hydroxyl groups excluding tert-OH is 1. The summed E-state index contributed by atoms with van der Waals surface area (Å²) in [5, 5.41) is 13.6. The Labute approximate surface area is 130 Å². The van der Waals surface area contributed by atoms with Crippen LogP contribution in [0.15, 0.2) is 48.5 Å². The molecule has 0 fully saturated rings. The average Bonchev–Trinajstić information content (AvgIpc) is 2.52. The second-order valence-electron chi connectivity index (χ2n) is 4.91. The molecule has 2 N–H and O–H groups in total. The summed E-state index contributed by atoms with van der Waals surface area (Å²) < 4.78 is 5.32. The Morgan fingerprint density at radius 3 is 2.62 bits per heavy atom. The van der Waals surface area contributed by atoms with Crippen LogP contribution in [0.2, 0.25) is 5.02 Å². The van der Waals surface area contributed by atoms with Crippen LogP contribution < -0.4 is 10.1 Å². The van der Waals surface area contributed by atoms with E-state index < -0.39 is 0 Å².